The Kier molecular flexibility index (Phi) is 25.2. The van der Waals surface area contributed by atoms with Gasteiger partial charge in [-0.1, -0.05) is 85.1 Å². The molecular formula is C59H69Cl2N5O10. The summed E-state index contributed by atoms with van der Waals surface area (Å²) in [5, 5.41) is 7.58. The van der Waals surface area contributed by atoms with Crippen molar-refractivity contribution in [2.24, 2.45) is 0 Å². The van der Waals surface area contributed by atoms with Gasteiger partial charge in [0.15, 0.2) is 5.78 Å². The first-order valence-corrected chi connectivity index (χ1v) is 26.6. The number of benzene rings is 4. The number of halogens is 2. The molecule has 0 aliphatic carbocycles. The summed E-state index contributed by atoms with van der Waals surface area (Å²) >= 11 is 12.1. The number of rotatable bonds is 33. The predicted molar refractivity (Wildman–Crippen MR) is 297 cm³/mol. The van der Waals surface area contributed by atoms with Crippen LogP contribution in [0.15, 0.2) is 115 Å². The van der Waals surface area contributed by atoms with Gasteiger partial charge in [0.1, 0.15) is 17.5 Å². The Morgan fingerprint density at radius 1 is 0.750 bits per heavy atom. The van der Waals surface area contributed by atoms with E-state index in [4.69, 9.17) is 62.9 Å². The van der Waals surface area contributed by atoms with Gasteiger partial charge in [-0.25, -0.2) is 9.83 Å². The molecule has 1 aromatic heterocycles. The summed E-state index contributed by atoms with van der Waals surface area (Å²) in [6, 6.07) is 33.8. The topological polar surface area (TPSA) is 160 Å². The molecule has 0 radical (unpaired) electrons. The van der Waals surface area contributed by atoms with E-state index in [1.165, 1.54) is 6.08 Å². The maximum absolute atomic E-state index is 13.0. The first-order chi connectivity index (χ1) is 37.0. The molecule has 404 valence electrons. The van der Waals surface area contributed by atoms with Gasteiger partial charge < -0.3 is 48.7 Å². The lowest BCUT2D eigenvalue weighted by molar-refractivity contribution is -0.118. The van der Waals surface area contributed by atoms with Gasteiger partial charge in [0.05, 0.1) is 97.0 Å². The van der Waals surface area contributed by atoms with Gasteiger partial charge in [-0.15, -0.1) is 0 Å². The second kappa shape index (κ2) is 32.4. The van der Waals surface area contributed by atoms with Crippen LogP contribution >= 0.6 is 23.2 Å². The molecule has 2 N–H and O–H groups in total. The summed E-state index contributed by atoms with van der Waals surface area (Å²) in [7, 11) is 0. The van der Waals surface area contributed by atoms with Crippen LogP contribution in [0.1, 0.15) is 92.1 Å². The Bertz CT molecular complexity index is 2670. The highest BCUT2D eigenvalue weighted by molar-refractivity contribution is 6.30. The molecule has 2 amide bonds. The number of fused-ring (bicyclic) bond motifs is 1. The second-order valence-electron chi connectivity index (χ2n) is 18.0. The number of ketones is 1. The van der Waals surface area contributed by atoms with Crippen molar-refractivity contribution >= 4 is 58.3 Å². The third-order valence-electron chi connectivity index (χ3n) is 12.3. The van der Waals surface area contributed by atoms with Crippen LogP contribution in [0, 0.1) is 6.57 Å². The number of carbonyl (C=O) groups is 3. The summed E-state index contributed by atoms with van der Waals surface area (Å²) in [5.74, 6) is 0.281. The van der Waals surface area contributed by atoms with Crippen LogP contribution in [0.4, 0.5) is 11.4 Å². The number of pyridine rings is 1. The third-order valence-corrected chi connectivity index (χ3v) is 12.8. The largest absolute Gasteiger partial charge is 0.491 e. The number of hydrogen-bond acceptors (Lipinski definition) is 12. The smallest absolute Gasteiger partial charge is 0.252 e. The molecule has 17 heteroatoms. The summed E-state index contributed by atoms with van der Waals surface area (Å²) in [6.07, 6.45) is 4.71. The Labute approximate surface area is 456 Å². The van der Waals surface area contributed by atoms with E-state index in [1.54, 1.807) is 25.1 Å². The fourth-order valence-electron chi connectivity index (χ4n) is 8.59. The van der Waals surface area contributed by atoms with Crippen molar-refractivity contribution in [3.63, 3.8) is 0 Å². The molecule has 0 fully saturated rings. The molecule has 0 saturated carbocycles. The lowest BCUT2D eigenvalue weighted by atomic mass is 9.88. The van der Waals surface area contributed by atoms with Gasteiger partial charge in [-0.2, -0.15) is 0 Å². The summed E-state index contributed by atoms with van der Waals surface area (Å²) in [6.45, 7) is 18.8. The lowest BCUT2D eigenvalue weighted by Gasteiger charge is -2.39. The fraction of sp³-hybridized carbons (Fsp3) is 0.407. The van der Waals surface area contributed by atoms with Crippen LogP contribution in [0.5, 0.6) is 5.75 Å². The summed E-state index contributed by atoms with van der Waals surface area (Å²) in [4.78, 5) is 48.1. The number of hydrogen-bond donors (Lipinski definition) is 2. The van der Waals surface area contributed by atoms with Gasteiger partial charge in [0.2, 0.25) is 5.91 Å². The number of nitrogens with zero attached hydrogens (tertiary/aromatic N) is 3. The number of amides is 2. The van der Waals surface area contributed by atoms with Crippen LogP contribution in [0.3, 0.4) is 0 Å². The van der Waals surface area contributed by atoms with E-state index in [0.717, 1.165) is 46.5 Å². The fourth-order valence-corrected chi connectivity index (χ4v) is 8.88. The highest BCUT2D eigenvalue weighted by atomic mass is 35.5. The van der Waals surface area contributed by atoms with E-state index in [0.29, 0.717) is 127 Å². The van der Waals surface area contributed by atoms with Crippen molar-refractivity contribution in [1.82, 2.24) is 10.3 Å². The average Bonchev–Trinajstić information content (AvgIpc) is 3.43. The van der Waals surface area contributed by atoms with E-state index in [2.05, 4.69) is 33.5 Å². The molecular weight excluding hydrogens is 1010 g/mol. The Morgan fingerprint density at radius 2 is 1.34 bits per heavy atom. The van der Waals surface area contributed by atoms with Crippen LogP contribution in [0.2, 0.25) is 10.2 Å². The highest BCUT2D eigenvalue weighted by Crippen LogP contribution is 2.41. The highest BCUT2D eigenvalue weighted by Gasteiger charge is 2.33. The van der Waals surface area contributed by atoms with Gasteiger partial charge >= 0.3 is 0 Å². The first-order valence-electron chi connectivity index (χ1n) is 25.8. The number of Topliss-reactive ketones (excluding diaryl/α,β-unsaturated/α-hetero) is 1. The van der Waals surface area contributed by atoms with Gasteiger partial charge in [0, 0.05) is 48.0 Å². The predicted octanol–water partition coefficient (Wildman–Crippen LogP) is 11.4. The molecule has 3 atom stereocenters. The van der Waals surface area contributed by atoms with Crippen molar-refractivity contribution in [2.45, 2.75) is 71.0 Å². The van der Waals surface area contributed by atoms with E-state index in [9.17, 15) is 14.4 Å². The van der Waals surface area contributed by atoms with Crippen LogP contribution in [-0.2, 0) is 38.0 Å². The molecule has 0 saturated heterocycles. The molecule has 1 aliphatic heterocycles. The number of nitrogens with one attached hydrogen (secondary N) is 2. The normalized spacial score (nSPS) is 14.6. The Balaban J connectivity index is 0.731. The van der Waals surface area contributed by atoms with E-state index in [-0.39, 0.29) is 40.7 Å². The maximum Gasteiger partial charge on any atom is 0.252 e. The SMILES string of the molecule is [C-]#[N+]/C(=C\c1cccc(Cl)n1)C(=O)NC(CCC)c1ccc(OCCOCCOCCOCCOCCOCCOCCCC(=O)c2ccc(-c3ccc4c(c3)[C@H](Nc3ccc(Cl)cc3)C[C@H](C)N4C(C)=O)cc2)cc1. The third kappa shape index (κ3) is 19.4. The monoisotopic (exact) mass is 1080 g/mol. The van der Waals surface area contributed by atoms with Crippen LogP contribution in [0.25, 0.3) is 22.0 Å². The van der Waals surface area contributed by atoms with E-state index < -0.39 is 5.91 Å². The Morgan fingerprint density at radius 3 is 1.92 bits per heavy atom. The Hall–Kier alpha value is -6.19. The van der Waals surface area contributed by atoms with Crippen molar-refractivity contribution < 1.29 is 47.5 Å². The maximum atomic E-state index is 13.0. The molecule has 4 aromatic carbocycles. The van der Waals surface area contributed by atoms with Crippen LogP contribution < -0.4 is 20.3 Å². The van der Waals surface area contributed by atoms with Gasteiger partial charge in [0.25, 0.3) is 11.6 Å². The van der Waals surface area contributed by atoms with E-state index >= 15 is 0 Å². The quantitative estimate of drug-likeness (QED) is 0.0135. The molecule has 6 rings (SSSR count). The standard InChI is InChI=1S/C59H69Cl2N5O10/c1-5-8-53(65-59(69)55(62-4)41-50-9-6-11-58(61)64-50)45-16-23-51(24-17-45)76-38-37-75-36-35-74-34-33-73-32-31-72-30-29-71-28-27-70-26-7-10-57(68)46-14-12-44(13-15-46)47-18-25-56-52(40-47)54(39-42(2)66(56)43(3)67)63-49-21-19-48(60)20-22-49/h6,9,11-25,40-42,53-54,63H,5,7-8,10,26-39H2,1-3H3,(H,65,69)/b55-41-/t42-,53?,54+/m0/s1. The van der Waals surface area contributed by atoms with Crippen LogP contribution in [-0.4, -0.2) is 115 Å². The average molecular weight is 1080 g/mol. The van der Waals surface area contributed by atoms with Crippen molar-refractivity contribution in [3.8, 4) is 16.9 Å². The number of carbonyl (C=O) groups excluding carboxylic acids is 3. The zero-order chi connectivity index (χ0) is 53.9. The van der Waals surface area contributed by atoms with Gasteiger partial charge in [-0.3, -0.25) is 14.4 Å². The molecule has 2 heterocycles. The van der Waals surface area contributed by atoms with Crippen molar-refractivity contribution in [1.29, 1.82) is 0 Å². The summed E-state index contributed by atoms with van der Waals surface area (Å²) < 4.78 is 39.5. The summed E-state index contributed by atoms with van der Waals surface area (Å²) in [5.41, 5.74) is 6.84. The lowest BCUT2D eigenvalue weighted by Crippen LogP contribution is -2.43. The minimum atomic E-state index is -0.475. The molecule has 76 heavy (non-hydrogen) atoms. The minimum Gasteiger partial charge on any atom is -0.491 e. The number of aromatic nitrogens is 1. The van der Waals surface area contributed by atoms with Crippen molar-refractivity contribution in [3.05, 3.63) is 159 Å². The number of ether oxygens (including phenoxy) is 7. The molecule has 1 unspecified atom stereocenters. The minimum absolute atomic E-state index is 0.00498. The zero-order valence-corrected chi connectivity index (χ0v) is 45.1. The molecule has 15 nitrogen and oxygen atoms in total. The van der Waals surface area contributed by atoms with Crippen molar-refractivity contribution in [2.75, 3.05) is 96.1 Å². The van der Waals surface area contributed by atoms with Gasteiger partial charge in [-0.05, 0) is 115 Å². The molecule has 0 spiro atoms. The van der Waals surface area contributed by atoms with E-state index in [1.807, 2.05) is 96.8 Å². The number of anilines is 2. The zero-order valence-electron chi connectivity index (χ0n) is 43.6. The molecule has 5 aromatic rings. The molecule has 0 bridgehead atoms. The second-order valence-corrected chi connectivity index (χ2v) is 18.8. The first kappa shape index (κ1) is 59.1. The molecule has 1 aliphatic rings.